The highest BCUT2D eigenvalue weighted by Crippen LogP contribution is 2.14. The number of aryl methyl sites for hydroxylation is 1. The topological polar surface area (TPSA) is 63.1 Å². The van der Waals surface area contributed by atoms with Gasteiger partial charge in [0, 0.05) is 0 Å². The SMILES string of the molecule is CCCCc1cccc2[nH]c(=O)oc(=O)c12. The van der Waals surface area contributed by atoms with Crippen molar-refractivity contribution in [2.75, 3.05) is 0 Å². The zero-order valence-electron chi connectivity index (χ0n) is 9.08. The molecule has 0 saturated carbocycles. The summed E-state index contributed by atoms with van der Waals surface area (Å²) in [6.07, 6.45) is 2.90. The second-order valence-corrected chi connectivity index (χ2v) is 3.75. The number of unbranched alkanes of at least 4 members (excludes halogenated alkanes) is 1. The molecule has 0 aliphatic heterocycles. The van der Waals surface area contributed by atoms with Gasteiger partial charge in [0.05, 0.1) is 10.9 Å². The van der Waals surface area contributed by atoms with Crippen LogP contribution >= 0.6 is 0 Å². The minimum Gasteiger partial charge on any atom is -0.372 e. The molecule has 1 aromatic carbocycles. The van der Waals surface area contributed by atoms with E-state index in [-0.39, 0.29) is 0 Å². The maximum atomic E-state index is 11.6. The highest BCUT2D eigenvalue weighted by atomic mass is 16.4. The summed E-state index contributed by atoms with van der Waals surface area (Å²) >= 11 is 0. The van der Waals surface area contributed by atoms with Crippen LogP contribution in [0, 0.1) is 0 Å². The monoisotopic (exact) mass is 219 g/mol. The average Bonchev–Trinajstić information content (AvgIpc) is 2.25. The van der Waals surface area contributed by atoms with Crippen molar-refractivity contribution in [3.8, 4) is 0 Å². The molecule has 0 aliphatic rings. The highest BCUT2D eigenvalue weighted by Gasteiger charge is 2.07. The molecule has 0 saturated heterocycles. The predicted octanol–water partition coefficient (Wildman–Crippen LogP) is 1.82. The lowest BCUT2D eigenvalue weighted by Gasteiger charge is -2.03. The summed E-state index contributed by atoms with van der Waals surface area (Å²) in [7, 11) is 0. The molecule has 2 rings (SSSR count). The van der Waals surface area contributed by atoms with Crippen molar-refractivity contribution in [1.82, 2.24) is 4.98 Å². The lowest BCUT2D eigenvalue weighted by atomic mass is 10.0. The molecule has 0 aliphatic carbocycles. The number of aromatic amines is 1. The van der Waals surface area contributed by atoms with Crippen molar-refractivity contribution in [1.29, 1.82) is 0 Å². The van der Waals surface area contributed by atoms with Crippen LogP contribution in [0.2, 0.25) is 0 Å². The Morgan fingerprint density at radius 3 is 2.88 bits per heavy atom. The number of rotatable bonds is 3. The van der Waals surface area contributed by atoms with Crippen molar-refractivity contribution >= 4 is 10.9 Å². The van der Waals surface area contributed by atoms with Gasteiger partial charge in [0.2, 0.25) is 0 Å². The first kappa shape index (κ1) is 10.7. The van der Waals surface area contributed by atoms with Crippen LogP contribution in [-0.2, 0) is 6.42 Å². The molecule has 16 heavy (non-hydrogen) atoms. The third-order valence-electron chi connectivity index (χ3n) is 2.58. The fourth-order valence-electron chi connectivity index (χ4n) is 1.79. The minimum absolute atomic E-state index is 0.496. The molecular weight excluding hydrogens is 206 g/mol. The van der Waals surface area contributed by atoms with Crippen molar-refractivity contribution in [3.05, 3.63) is 44.7 Å². The third-order valence-corrected chi connectivity index (χ3v) is 2.58. The Kier molecular flexibility index (Phi) is 2.90. The molecule has 0 spiro atoms. The second-order valence-electron chi connectivity index (χ2n) is 3.75. The molecule has 0 bridgehead atoms. The number of hydrogen-bond donors (Lipinski definition) is 1. The summed E-state index contributed by atoms with van der Waals surface area (Å²) in [5, 5.41) is 0.496. The molecule has 0 atom stereocenters. The van der Waals surface area contributed by atoms with Crippen LogP contribution in [0.5, 0.6) is 0 Å². The molecule has 1 heterocycles. The number of hydrogen-bond acceptors (Lipinski definition) is 3. The van der Waals surface area contributed by atoms with Crippen molar-refractivity contribution < 1.29 is 4.42 Å². The first-order valence-electron chi connectivity index (χ1n) is 5.37. The van der Waals surface area contributed by atoms with Crippen molar-refractivity contribution in [3.63, 3.8) is 0 Å². The smallest absolute Gasteiger partial charge is 0.372 e. The summed E-state index contributed by atoms with van der Waals surface area (Å²) in [4.78, 5) is 25.1. The van der Waals surface area contributed by atoms with Gasteiger partial charge in [-0.25, -0.2) is 9.59 Å². The second kappa shape index (κ2) is 4.35. The highest BCUT2D eigenvalue weighted by molar-refractivity contribution is 5.80. The van der Waals surface area contributed by atoms with Crippen LogP contribution in [0.15, 0.2) is 32.2 Å². The maximum Gasteiger partial charge on any atom is 0.419 e. The van der Waals surface area contributed by atoms with E-state index in [1.165, 1.54) is 0 Å². The average molecular weight is 219 g/mol. The Morgan fingerprint density at radius 1 is 1.31 bits per heavy atom. The van der Waals surface area contributed by atoms with E-state index in [1.807, 2.05) is 12.1 Å². The van der Waals surface area contributed by atoms with E-state index in [0.717, 1.165) is 24.8 Å². The Hall–Kier alpha value is -1.84. The predicted molar refractivity (Wildman–Crippen MR) is 61.7 cm³/mol. The molecule has 0 unspecified atom stereocenters. The molecule has 0 radical (unpaired) electrons. The number of aromatic nitrogens is 1. The zero-order chi connectivity index (χ0) is 11.5. The molecule has 1 aromatic heterocycles. The van der Waals surface area contributed by atoms with Crippen LogP contribution in [-0.4, -0.2) is 4.98 Å². The lowest BCUT2D eigenvalue weighted by molar-refractivity contribution is 0.459. The van der Waals surface area contributed by atoms with Gasteiger partial charge in [0.15, 0.2) is 0 Å². The fourth-order valence-corrected chi connectivity index (χ4v) is 1.79. The van der Waals surface area contributed by atoms with Crippen LogP contribution < -0.4 is 11.4 Å². The van der Waals surface area contributed by atoms with Crippen LogP contribution in [0.3, 0.4) is 0 Å². The van der Waals surface area contributed by atoms with Gasteiger partial charge in [-0.15, -0.1) is 0 Å². The molecule has 4 nitrogen and oxygen atoms in total. The van der Waals surface area contributed by atoms with Gasteiger partial charge in [0.25, 0.3) is 0 Å². The lowest BCUT2D eigenvalue weighted by Crippen LogP contribution is -2.15. The van der Waals surface area contributed by atoms with Crippen LogP contribution in [0.25, 0.3) is 10.9 Å². The summed E-state index contributed by atoms with van der Waals surface area (Å²) in [6, 6.07) is 5.44. The Balaban J connectivity index is 2.67. The number of benzene rings is 1. The molecule has 2 aromatic rings. The van der Waals surface area contributed by atoms with Crippen molar-refractivity contribution in [2.24, 2.45) is 0 Å². The first-order chi connectivity index (χ1) is 7.72. The number of H-pyrrole nitrogens is 1. The van der Waals surface area contributed by atoms with E-state index in [9.17, 15) is 9.59 Å². The van der Waals surface area contributed by atoms with E-state index in [1.54, 1.807) is 6.07 Å². The van der Waals surface area contributed by atoms with E-state index >= 15 is 0 Å². The summed E-state index contributed by atoms with van der Waals surface area (Å²) in [6.45, 7) is 2.09. The van der Waals surface area contributed by atoms with E-state index in [4.69, 9.17) is 0 Å². The molecule has 4 heteroatoms. The molecule has 0 amide bonds. The molecular formula is C12H13NO3. The van der Waals surface area contributed by atoms with Gasteiger partial charge < -0.3 is 4.42 Å². The Morgan fingerprint density at radius 2 is 2.12 bits per heavy atom. The third kappa shape index (κ3) is 1.91. The fraction of sp³-hybridized carbons (Fsp3) is 0.333. The zero-order valence-corrected chi connectivity index (χ0v) is 9.08. The Bertz CT molecular complexity index is 609. The van der Waals surface area contributed by atoms with Gasteiger partial charge in [-0.1, -0.05) is 25.5 Å². The van der Waals surface area contributed by atoms with E-state index in [0.29, 0.717) is 10.9 Å². The molecule has 0 fully saturated rings. The van der Waals surface area contributed by atoms with Gasteiger partial charge in [-0.3, -0.25) is 4.98 Å². The maximum absolute atomic E-state index is 11.6. The number of fused-ring (bicyclic) bond motifs is 1. The van der Waals surface area contributed by atoms with Gasteiger partial charge in [-0.2, -0.15) is 0 Å². The van der Waals surface area contributed by atoms with Gasteiger partial charge in [-0.05, 0) is 24.5 Å². The summed E-state index contributed by atoms with van der Waals surface area (Å²) in [5.74, 6) is -0.704. The van der Waals surface area contributed by atoms with Gasteiger partial charge in [0.1, 0.15) is 0 Å². The van der Waals surface area contributed by atoms with E-state index in [2.05, 4.69) is 16.3 Å². The largest absolute Gasteiger partial charge is 0.419 e. The van der Waals surface area contributed by atoms with Crippen LogP contribution in [0.4, 0.5) is 0 Å². The molecule has 1 N–H and O–H groups in total. The minimum atomic E-state index is -0.704. The summed E-state index contributed by atoms with van der Waals surface area (Å²) in [5.41, 5.74) is 0.935. The summed E-state index contributed by atoms with van der Waals surface area (Å²) < 4.78 is 4.54. The van der Waals surface area contributed by atoms with E-state index < -0.39 is 11.4 Å². The van der Waals surface area contributed by atoms with Crippen LogP contribution in [0.1, 0.15) is 25.3 Å². The quantitative estimate of drug-likeness (QED) is 0.856. The van der Waals surface area contributed by atoms with Gasteiger partial charge >= 0.3 is 11.4 Å². The molecule has 84 valence electrons. The normalized spacial score (nSPS) is 10.8. The van der Waals surface area contributed by atoms with Crippen molar-refractivity contribution in [2.45, 2.75) is 26.2 Å². The number of nitrogens with one attached hydrogen (secondary N) is 1. The standard InChI is InChI=1S/C12H13NO3/c1-2-3-5-8-6-4-7-9-10(8)11(14)16-12(15)13-9/h4,6-7H,2-3,5H2,1H3,(H,13,15). The first-order valence-corrected chi connectivity index (χ1v) is 5.37. The Labute approximate surface area is 91.9 Å².